The van der Waals surface area contributed by atoms with Crippen molar-refractivity contribution in [3.05, 3.63) is 66.3 Å². The van der Waals surface area contributed by atoms with Crippen LogP contribution in [0.4, 0.5) is 10.3 Å². The van der Waals surface area contributed by atoms with Crippen molar-refractivity contribution in [2.75, 3.05) is 37.7 Å². The highest BCUT2D eigenvalue weighted by atomic mass is 19.1. The second-order valence-electron chi connectivity index (χ2n) is 11.1. The monoisotopic (exact) mass is 518 g/mol. The number of halogens is 1. The zero-order chi connectivity index (χ0) is 26.1. The third-order valence-corrected chi connectivity index (χ3v) is 8.46. The van der Waals surface area contributed by atoms with E-state index in [4.69, 9.17) is 4.74 Å². The summed E-state index contributed by atoms with van der Waals surface area (Å²) in [5.74, 6) is 3.19. The maximum absolute atomic E-state index is 14.7. The average Bonchev–Trinajstić information content (AvgIpc) is 3.46. The fourth-order valence-corrected chi connectivity index (χ4v) is 5.95. The highest BCUT2D eigenvalue weighted by Gasteiger charge is 2.43. The molecule has 0 radical (unpaired) electrons. The molecule has 0 unspecified atom stereocenters. The van der Waals surface area contributed by atoms with E-state index in [1.807, 2.05) is 30.1 Å². The van der Waals surface area contributed by atoms with Gasteiger partial charge in [0.1, 0.15) is 11.6 Å². The van der Waals surface area contributed by atoms with Gasteiger partial charge in [-0.05, 0) is 67.6 Å². The molecule has 2 aromatic heterocycles. The highest BCUT2D eigenvalue weighted by molar-refractivity contribution is 5.79. The first-order valence-electron chi connectivity index (χ1n) is 13.7. The van der Waals surface area contributed by atoms with E-state index >= 15 is 0 Å². The number of nitrogens with zero attached hydrogens (tertiary/aromatic N) is 6. The largest absolute Gasteiger partial charge is 0.493 e. The molecule has 2 aliphatic heterocycles. The predicted molar refractivity (Wildman–Crippen MR) is 141 cm³/mol. The van der Waals surface area contributed by atoms with Crippen LogP contribution < -0.4 is 9.64 Å². The lowest BCUT2D eigenvalue weighted by Crippen LogP contribution is -2.51. The van der Waals surface area contributed by atoms with Crippen LogP contribution in [0.3, 0.4) is 0 Å². The first-order valence-corrected chi connectivity index (χ1v) is 13.7. The Bertz CT molecular complexity index is 1240. The minimum absolute atomic E-state index is 0.0501. The Labute approximate surface area is 222 Å². The van der Waals surface area contributed by atoms with Crippen molar-refractivity contribution in [3.8, 4) is 5.75 Å². The molecule has 6 rings (SSSR count). The Morgan fingerprint density at radius 2 is 1.95 bits per heavy atom. The van der Waals surface area contributed by atoms with Crippen molar-refractivity contribution in [3.63, 3.8) is 0 Å². The topological polar surface area (TPSA) is 76.4 Å². The number of amides is 1. The molecular weight excluding hydrogens is 483 g/mol. The second kappa shape index (κ2) is 10.7. The summed E-state index contributed by atoms with van der Waals surface area (Å²) in [6.07, 6.45) is 13.9. The molecule has 3 fully saturated rings. The van der Waals surface area contributed by atoms with Gasteiger partial charge in [0.05, 0.1) is 25.4 Å². The Balaban J connectivity index is 0.900. The van der Waals surface area contributed by atoms with Gasteiger partial charge in [-0.25, -0.2) is 19.3 Å². The van der Waals surface area contributed by atoms with Gasteiger partial charge in [0.2, 0.25) is 11.9 Å². The molecule has 1 aromatic carbocycles. The Morgan fingerprint density at radius 1 is 1.16 bits per heavy atom. The molecule has 2 atom stereocenters. The number of hydrogen-bond acceptors (Lipinski definition) is 6. The van der Waals surface area contributed by atoms with E-state index in [1.54, 1.807) is 29.6 Å². The molecule has 3 aromatic rings. The highest BCUT2D eigenvalue weighted by Crippen LogP contribution is 2.49. The number of rotatable bonds is 9. The van der Waals surface area contributed by atoms with Crippen LogP contribution in [0.25, 0.3) is 0 Å². The number of aromatic nitrogens is 4. The van der Waals surface area contributed by atoms with Crippen molar-refractivity contribution in [1.29, 1.82) is 0 Å². The number of anilines is 1. The van der Waals surface area contributed by atoms with Crippen molar-refractivity contribution in [2.45, 2.75) is 45.1 Å². The molecule has 9 heteroatoms. The van der Waals surface area contributed by atoms with Crippen molar-refractivity contribution < 1.29 is 13.9 Å². The number of imidazole rings is 1. The average molecular weight is 519 g/mol. The van der Waals surface area contributed by atoms with E-state index in [0.29, 0.717) is 36.9 Å². The van der Waals surface area contributed by atoms with E-state index in [9.17, 15) is 9.18 Å². The van der Waals surface area contributed by atoms with Gasteiger partial charge in [-0.2, -0.15) is 0 Å². The number of carbonyl (C=O) groups excluding carboxylic acids is 1. The van der Waals surface area contributed by atoms with Crippen molar-refractivity contribution in [2.24, 2.45) is 17.8 Å². The smallest absolute Gasteiger partial charge is 0.227 e. The zero-order valence-corrected chi connectivity index (χ0v) is 21.9. The molecule has 8 nitrogen and oxygen atoms in total. The van der Waals surface area contributed by atoms with Gasteiger partial charge >= 0.3 is 0 Å². The summed E-state index contributed by atoms with van der Waals surface area (Å²) in [4.78, 5) is 29.6. The number of aryl methyl sites for hydroxylation is 1. The minimum Gasteiger partial charge on any atom is -0.493 e. The normalized spacial score (nSPS) is 21.8. The molecule has 200 valence electrons. The summed E-state index contributed by atoms with van der Waals surface area (Å²) < 4.78 is 22.6. The van der Waals surface area contributed by atoms with E-state index in [2.05, 4.69) is 19.9 Å². The van der Waals surface area contributed by atoms with E-state index in [-0.39, 0.29) is 24.2 Å². The molecule has 1 saturated carbocycles. The quantitative estimate of drug-likeness (QED) is 0.425. The number of hydrogen-bond donors (Lipinski definition) is 0. The van der Waals surface area contributed by atoms with Crippen LogP contribution in [0, 0.1) is 30.5 Å². The molecule has 1 amide bonds. The van der Waals surface area contributed by atoms with Gasteiger partial charge in [-0.3, -0.25) is 4.79 Å². The summed E-state index contributed by atoms with van der Waals surface area (Å²) in [6.45, 7) is 5.92. The summed E-state index contributed by atoms with van der Waals surface area (Å²) in [5, 5.41) is 0. The lowest BCUT2D eigenvalue weighted by atomic mass is 9.90. The molecule has 1 aliphatic carbocycles. The molecule has 0 N–H and O–H groups in total. The van der Waals surface area contributed by atoms with Crippen LogP contribution in [0.15, 0.2) is 49.3 Å². The molecule has 2 saturated heterocycles. The number of benzene rings is 1. The lowest BCUT2D eigenvalue weighted by Gasteiger charge is -2.39. The number of piperidine rings is 1. The van der Waals surface area contributed by atoms with Gasteiger partial charge in [0.15, 0.2) is 0 Å². The molecule has 38 heavy (non-hydrogen) atoms. The lowest BCUT2D eigenvalue weighted by molar-refractivity contribution is -0.136. The Kier molecular flexibility index (Phi) is 7.00. The van der Waals surface area contributed by atoms with Crippen molar-refractivity contribution >= 4 is 11.9 Å². The maximum Gasteiger partial charge on any atom is 0.227 e. The van der Waals surface area contributed by atoms with Gasteiger partial charge in [-0.1, -0.05) is 6.07 Å². The molecule has 0 spiro atoms. The second-order valence-corrected chi connectivity index (χ2v) is 11.1. The number of likely N-dealkylation sites (tertiary alicyclic amines) is 1. The van der Waals surface area contributed by atoms with Crippen LogP contribution in [0.5, 0.6) is 5.75 Å². The van der Waals surface area contributed by atoms with Crippen LogP contribution in [-0.4, -0.2) is 63.1 Å². The van der Waals surface area contributed by atoms with Crippen LogP contribution in [0.2, 0.25) is 0 Å². The first-order chi connectivity index (χ1) is 18.5. The zero-order valence-electron chi connectivity index (χ0n) is 21.9. The van der Waals surface area contributed by atoms with Crippen LogP contribution in [-0.2, 0) is 11.2 Å². The van der Waals surface area contributed by atoms with E-state index in [0.717, 1.165) is 42.9 Å². The van der Waals surface area contributed by atoms with E-state index in [1.165, 1.54) is 25.3 Å². The predicted octanol–water partition coefficient (Wildman–Crippen LogP) is 4.07. The van der Waals surface area contributed by atoms with Gasteiger partial charge in [-0.15, -0.1) is 0 Å². The Hall–Kier alpha value is -3.49. The summed E-state index contributed by atoms with van der Waals surface area (Å²) in [6, 6.07) is 5.14. The summed E-state index contributed by atoms with van der Waals surface area (Å²) >= 11 is 0. The first kappa shape index (κ1) is 24.8. The number of ether oxygens (including phenoxy) is 1. The maximum atomic E-state index is 14.7. The Morgan fingerprint density at radius 3 is 2.66 bits per heavy atom. The number of carbonyl (C=O) groups is 1. The molecule has 3 aliphatic rings. The van der Waals surface area contributed by atoms with E-state index < -0.39 is 0 Å². The summed E-state index contributed by atoms with van der Waals surface area (Å²) in [7, 11) is 0. The fraction of sp³-hybridized carbons (Fsp3) is 0.517. The third kappa shape index (κ3) is 5.51. The minimum atomic E-state index is -0.379. The standard InChI is InChI=1S/C29H35FN6O2/c1-20-15-32-29(33-16-20)34-8-4-21(5-9-34)26-12-22(26)6-11-38-25-3-2-23(27(30)14-25)13-28(37)36-17-24(18-36)35-10-7-31-19-35/h2-3,7,10,14-16,19,21-22,24,26H,4-6,8-9,11-13,17-18H2,1H3/t22-,26-/m1/s1. The van der Waals surface area contributed by atoms with Gasteiger partial charge in [0, 0.05) is 57.0 Å². The fourth-order valence-electron chi connectivity index (χ4n) is 5.95. The van der Waals surface area contributed by atoms with Gasteiger partial charge < -0.3 is 19.1 Å². The third-order valence-electron chi connectivity index (χ3n) is 8.46. The molecule has 4 heterocycles. The van der Waals surface area contributed by atoms with Gasteiger partial charge in [0.25, 0.3) is 0 Å². The van der Waals surface area contributed by atoms with Crippen molar-refractivity contribution in [1.82, 2.24) is 24.4 Å². The molecule has 0 bridgehead atoms. The summed E-state index contributed by atoms with van der Waals surface area (Å²) in [5.41, 5.74) is 1.50. The molecular formula is C29H35FN6O2. The SMILES string of the molecule is Cc1cnc(N2CCC([C@H]3C[C@H]3CCOc3ccc(CC(=O)N4CC(n5ccnc5)C4)c(F)c3)CC2)nc1. The van der Waals surface area contributed by atoms with Crippen LogP contribution in [0.1, 0.15) is 42.9 Å². The van der Waals surface area contributed by atoms with Crippen LogP contribution >= 0.6 is 0 Å².